The van der Waals surface area contributed by atoms with Gasteiger partial charge in [-0.05, 0) is 48.9 Å². The summed E-state index contributed by atoms with van der Waals surface area (Å²) in [6.07, 6.45) is 5.05. The Hall–Kier alpha value is -4.00. The molecule has 0 saturated heterocycles. The highest BCUT2D eigenvalue weighted by Crippen LogP contribution is 2.16. The van der Waals surface area contributed by atoms with Crippen molar-refractivity contribution in [3.63, 3.8) is 0 Å². The summed E-state index contributed by atoms with van der Waals surface area (Å²) in [4.78, 5) is 33.8. The van der Waals surface area contributed by atoms with E-state index >= 15 is 0 Å². The van der Waals surface area contributed by atoms with Crippen LogP contribution >= 0.6 is 0 Å². The lowest BCUT2D eigenvalue weighted by Crippen LogP contribution is -2.23. The number of hydrogen-bond acceptors (Lipinski definition) is 4. The number of fused-ring (bicyclic) bond motifs is 1. The molecule has 3 aromatic heterocycles. The third kappa shape index (κ3) is 3.98. The maximum Gasteiger partial charge on any atom is 0.292 e. The molecule has 2 amide bonds. The van der Waals surface area contributed by atoms with E-state index in [2.05, 4.69) is 20.6 Å². The van der Waals surface area contributed by atoms with Crippen LogP contribution in [0.3, 0.4) is 0 Å². The van der Waals surface area contributed by atoms with E-state index < -0.39 is 0 Å². The first kappa shape index (κ1) is 18.4. The molecule has 7 heteroatoms. The molecule has 2 N–H and O–H groups in total. The highest BCUT2D eigenvalue weighted by atomic mass is 16.2. The van der Waals surface area contributed by atoms with E-state index in [0.717, 1.165) is 11.1 Å². The first-order valence-electron chi connectivity index (χ1n) is 9.14. The molecule has 144 valence electrons. The number of anilines is 1. The number of aryl methyl sites for hydroxylation is 1. The highest BCUT2D eigenvalue weighted by molar-refractivity contribution is 6.06. The Morgan fingerprint density at radius 1 is 0.966 bits per heavy atom. The van der Waals surface area contributed by atoms with Gasteiger partial charge in [0.25, 0.3) is 11.8 Å². The Balaban J connectivity index is 1.60. The van der Waals surface area contributed by atoms with Gasteiger partial charge in [-0.15, -0.1) is 0 Å². The zero-order valence-electron chi connectivity index (χ0n) is 15.8. The molecule has 0 fully saturated rings. The van der Waals surface area contributed by atoms with E-state index in [-0.39, 0.29) is 23.3 Å². The number of nitrogens with zero attached hydrogens (tertiary/aromatic N) is 3. The number of pyridine rings is 2. The fraction of sp³-hybridized carbons (Fsp3) is 0.0909. The van der Waals surface area contributed by atoms with Crippen LogP contribution in [0.25, 0.3) is 5.52 Å². The van der Waals surface area contributed by atoms with Crippen molar-refractivity contribution < 1.29 is 9.59 Å². The summed E-state index contributed by atoms with van der Waals surface area (Å²) in [5, 5.41) is 5.67. The first-order chi connectivity index (χ1) is 14.1. The van der Waals surface area contributed by atoms with Crippen molar-refractivity contribution in [2.24, 2.45) is 0 Å². The summed E-state index contributed by atoms with van der Waals surface area (Å²) in [6.45, 7) is 2.32. The van der Waals surface area contributed by atoms with Gasteiger partial charge in [0.15, 0.2) is 5.69 Å². The number of imidazole rings is 1. The van der Waals surface area contributed by atoms with Crippen LogP contribution in [0.2, 0.25) is 0 Å². The SMILES string of the molecule is Cc1ccc(NC(=O)c2nc(C(=O)NCc3ccncc3)c3ccccn23)cc1. The smallest absolute Gasteiger partial charge is 0.292 e. The molecule has 0 atom stereocenters. The zero-order chi connectivity index (χ0) is 20.2. The predicted octanol–water partition coefficient (Wildman–Crippen LogP) is 3.22. The molecule has 3 heterocycles. The molecule has 0 aliphatic heterocycles. The third-order valence-electron chi connectivity index (χ3n) is 4.48. The Kier molecular flexibility index (Phi) is 5.03. The molecule has 29 heavy (non-hydrogen) atoms. The third-order valence-corrected chi connectivity index (χ3v) is 4.48. The Labute approximate surface area is 167 Å². The van der Waals surface area contributed by atoms with Gasteiger partial charge in [-0.1, -0.05) is 23.8 Å². The number of amides is 2. The van der Waals surface area contributed by atoms with Crippen molar-refractivity contribution in [1.29, 1.82) is 0 Å². The van der Waals surface area contributed by atoms with Crippen LogP contribution in [0, 0.1) is 6.92 Å². The molecule has 0 saturated carbocycles. The van der Waals surface area contributed by atoms with Gasteiger partial charge in [0.05, 0.1) is 5.52 Å². The van der Waals surface area contributed by atoms with Crippen LogP contribution in [0.15, 0.2) is 73.2 Å². The molecule has 0 bridgehead atoms. The van der Waals surface area contributed by atoms with Gasteiger partial charge in [0.2, 0.25) is 5.82 Å². The second kappa shape index (κ2) is 7.93. The van der Waals surface area contributed by atoms with Gasteiger partial charge in [0.1, 0.15) is 0 Å². The van der Waals surface area contributed by atoms with Crippen molar-refractivity contribution in [2.75, 3.05) is 5.32 Å². The predicted molar refractivity (Wildman–Crippen MR) is 110 cm³/mol. The first-order valence-corrected chi connectivity index (χ1v) is 9.14. The number of carbonyl (C=O) groups excluding carboxylic acids is 2. The summed E-state index contributed by atoms with van der Waals surface area (Å²) in [6, 6.07) is 16.5. The molecule has 0 aliphatic carbocycles. The van der Waals surface area contributed by atoms with Gasteiger partial charge in [-0.3, -0.25) is 19.0 Å². The van der Waals surface area contributed by atoms with Gasteiger partial charge in [-0.25, -0.2) is 4.98 Å². The summed E-state index contributed by atoms with van der Waals surface area (Å²) in [5.74, 6) is -0.585. The van der Waals surface area contributed by atoms with E-state index in [0.29, 0.717) is 17.7 Å². The molecule has 0 radical (unpaired) electrons. The summed E-state index contributed by atoms with van der Waals surface area (Å²) >= 11 is 0. The van der Waals surface area contributed by atoms with E-state index in [1.54, 1.807) is 41.2 Å². The van der Waals surface area contributed by atoms with Gasteiger partial charge in [0, 0.05) is 30.8 Å². The quantitative estimate of drug-likeness (QED) is 0.552. The number of aromatic nitrogens is 3. The lowest BCUT2D eigenvalue weighted by atomic mass is 10.2. The number of hydrogen-bond donors (Lipinski definition) is 2. The Morgan fingerprint density at radius 3 is 2.48 bits per heavy atom. The molecule has 0 aliphatic rings. The summed E-state index contributed by atoms with van der Waals surface area (Å²) in [7, 11) is 0. The molecule has 4 aromatic rings. The van der Waals surface area contributed by atoms with E-state index in [9.17, 15) is 9.59 Å². The summed E-state index contributed by atoms with van der Waals surface area (Å²) in [5.41, 5.74) is 3.45. The number of benzene rings is 1. The average Bonchev–Trinajstić information content (AvgIpc) is 3.14. The molecule has 1 aromatic carbocycles. The topological polar surface area (TPSA) is 88.4 Å². The Morgan fingerprint density at radius 2 is 1.72 bits per heavy atom. The van der Waals surface area contributed by atoms with Crippen LogP contribution in [0.5, 0.6) is 0 Å². The van der Waals surface area contributed by atoms with Gasteiger partial charge in [-0.2, -0.15) is 0 Å². The second-order valence-electron chi connectivity index (χ2n) is 6.60. The van der Waals surface area contributed by atoms with E-state index in [1.807, 2.05) is 43.3 Å². The standard InChI is InChI=1S/C22H19N5O2/c1-15-5-7-17(8-6-15)25-22(29)20-26-19(18-4-2-3-13-27(18)20)21(28)24-14-16-9-11-23-12-10-16/h2-13H,14H2,1H3,(H,24,28)(H,25,29). The minimum atomic E-state index is -0.386. The zero-order valence-corrected chi connectivity index (χ0v) is 15.8. The largest absolute Gasteiger partial charge is 0.347 e. The monoisotopic (exact) mass is 385 g/mol. The molecule has 4 rings (SSSR count). The fourth-order valence-electron chi connectivity index (χ4n) is 2.96. The lowest BCUT2D eigenvalue weighted by molar-refractivity contribution is 0.0948. The minimum absolute atomic E-state index is 0.148. The van der Waals surface area contributed by atoms with Gasteiger partial charge >= 0.3 is 0 Å². The molecular weight excluding hydrogens is 366 g/mol. The van der Waals surface area contributed by atoms with Gasteiger partial charge < -0.3 is 10.6 Å². The molecular formula is C22H19N5O2. The van der Waals surface area contributed by atoms with Crippen LogP contribution in [-0.2, 0) is 6.54 Å². The lowest BCUT2D eigenvalue weighted by Gasteiger charge is -2.04. The normalized spacial score (nSPS) is 10.7. The van der Waals surface area contributed by atoms with E-state index in [4.69, 9.17) is 0 Å². The molecule has 0 unspecified atom stereocenters. The van der Waals surface area contributed by atoms with Crippen molar-refractivity contribution in [2.45, 2.75) is 13.5 Å². The van der Waals surface area contributed by atoms with Crippen molar-refractivity contribution in [1.82, 2.24) is 19.7 Å². The van der Waals surface area contributed by atoms with Crippen LogP contribution < -0.4 is 10.6 Å². The van der Waals surface area contributed by atoms with E-state index in [1.165, 1.54) is 0 Å². The van der Waals surface area contributed by atoms with Crippen molar-refractivity contribution in [3.8, 4) is 0 Å². The van der Waals surface area contributed by atoms with Crippen LogP contribution in [-0.4, -0.2) is 26.2 Å². The summed E-state index contributed by atoms with van der Waals surface area (Å²) < 4.78 is 1.62. The number of carbonyl (C=O) groups is 2. The molecule has 0 spiro atoms. The average molecular weight is 385 g/mol. The minimum Gasteiger partial charge on any atom is -0.347 e. The second-order valence-corrected chi connectivity index (χ2v) is 6.60. The molecule has 7 nitrogen and oxygen atoms in total. The number of nitrogens with one attached hydrogen (secondary N) is 2. The number of rotatable bonds is 5. The van der Waals surface area contributed by atoms with Crippen LogP contribution in [0.1, 0.15) is 32.2 Å². The van der Waals surface area contributed by atoms with Crippen LogP contribution in [0.4, 0.5) is 5.69 Å². The fourth-order valence-corrected chi connectivity index (χ4v) is 2.96. The van der Waals surface area contributed by atoms with Crippen molar-refractivity contribution >= 4 is 23.0 Å². The maximum atomic E-state index is 12.8. The maximum absolute atomic E-state index is 12.8. The van der Waals surface area contributed by atoms with Crippen molar-refractivity contribution in [3.05, 3.63) is 95.8 Å². The Bertz CT molecular complexity index is 1170. The highest BCUT2D eigenvalue weighted by Gasteiger charge is 2.21.